The van der Waals surface area contributed by atoms with E-state index >= 15 is 0 Å². The SMILES string of the molecule is O=C1C(=O)N(CCCn2ccnc2)[C@@H](c2cccc(Br)c2)C1=C(O)c1ccccc1. The summed E-state index contributed by atoms with van der Waals surface area (Å²) in [5.74, 6) is -1.41. The number of carbonyl (C=O) groups excluding carboxylic acids is 2. The van der Waals surface area contributed by atoms with Gasteiger partial charge in [-0.25, -0.2) is 4.98 Å². The summed E-state index contributed by atoms with van der Waals surface area (Å²) in [6.07, 6.45) is 5.93. The van der Waals surface area contributed by atoms with Crippen molar-refractivity contribution in [3.05, 3.63) is 94.5 Å². The highest BCUT2D eigenvalue weighted by molar-refractivity contribution is 9.10. The molecule has 0 saturated carbocycles. The Morgan fingerprint density at radius 1 is 1.07 bits per heavy atom. The highest BCUT2D eigenvalue weighted by Crippen LogP contribution is 2.40. The van der Waals surface area contributed by atoms with Gasteiger partial charge in [-0.15, -0.1) is 0 Å². The Hall–Kier alpha value is -3.19. The largest absolute Gasteiger partial charge is 0.507 e. The summed E-state index contributed by atoms with van der Waals surface area (Å²) >= 11 is 3.46. The molecule has 1 saturated heterocycles. The van der Waals surface area contributed by atoms with Crippen LogP contribution in [0, 0.1) is 0 Å². The maximum absolute atomic E-state index is 13.0. The predicted molar refractivity (Wildman–Crippen MR) is 116 cm³/mol. The van der Waals surface area contributed by atoms with Crippen LogP contribution < -0.4 is 0 Å². The van der Waals surface area contributed by atoms with E-state index in [1.807, 2.05) is 41.1 Å². The van der Waals surface area contributed by atoms with Crippen LogP contribution in [0.5, 0.6) is 0 Å². The van der Waals surface area contributed by atoms with Gasteiger partial charge in [-0.1, -0.05) is 58.4 Å². The van der Waals surface area contributed by atoms with Crippen LogP contribution >= 0.6 is 15.9 Å². The lowest BCUT2D eigenvalue weighted by molar-refractivity contribution is -0.139. The second kappa shape index (κ2) is 8.67. The van der Waals surface area contributed by atoms with Crippen LogP contribution in [0.4, 0.5) is 0 Å². The van der Waals surface area contributed by atoms with Gasteiger partial charge in [0.15, 0.2) is 0 Å². The summed E-state index contributed by atoms with van der Waals surface area (Å²) < 4.78 is 2.76. The van der Waals surface area contributed by atoms with E-state index in [0.29, 0.717) is 25.1 Å². The predicted octanol–water partition coefficient (Wildman–Crippen LogP) is 4.16. The zero-order valence-corrected chi connectivity index (χ0v) is 17.7. The molecule has 0 radical (unpaired) electrons. The van der Waals surface area contributed by atoms with Crippen molar-refractivity contribution in [1.82, 2.24) is 14.5 Å². The second-order valence-corrected chi connectivity index (χ2v) is 7.98. The number of carbonyl (C=O) groups is 2. The van der Waals surface area contributed by atoms with Gasteiger partial charge in [0.25, 0.3) is 11.7 Å². The zero-order valence-electron chi connectivity index (χ0n) is 16.1. The van der Waals surface area contributed by atoms with Crippen LogP contribution in [0.25, 0.3) is 5.76 Å². The molecule has 152 valence electrons. The number of benzene rings is 2. The van der Waals surface area contributed by atoms with Gasteiger partial charge in [0.1, 0.15) is 5.76 Å². The van der Waals surface area contributed by atoms with Gasteiger partial charge in [-0.2, -0.15) is 0 Å². The summed E-state index contributed by atoms with van der Waals surface area (Å²) in [6, 6.07) is 15.7. The van der Waals surface area contributed by atoms with Crippen molar-refractivity contribution in [2.24, 2.45) is 0 Å². The first-order chi connectivity index (χ1) is 14.6. The van der Waals surface area contributed by atoms with E-state index < -0.39 is 17.7 Å². The topological polar surface area (TPSA) is 75.4 Å². The Morgan fingerprint density at radius 3 is 2.57 bits per heavy atom. The molecule has 1 aliphatic heterocycles. The van der Waals surface area contributed by atoms with Crippen molar-refractivity contribution in [1.29, 1.82) is 0 Å². The van der Waals surface area contributed by atoms with Crippen molar-refractivity contribution in [2.45, 2.75) is 19.0 Å². The fourth-order valence-electron chi connectivity index (χ4n) is 3.73. The van der Waals surface area contributed by atoms with Crippen molar-refractivity contribution in [2.75, 3.05) is 6.54 Å². The fourth-order valence-corrected chi connectivity index (χ4v) is 4.14. The van der Waals surface area contributed by atoms with Crippen LogP contribution in [-0.2, 0) is 16.1 Å². The zero-order chi connectivity index (χ0) is 21.1. The Balaban J connectivity index is 1.73. The number of rotatable bonds is 6. The molecule has 0 bridgehead atoms. The number of hydrogen-bond acceptors (Lipinski definition) is 4. The maximum Gasteiger partial charge on any atom is 0.295 e. The number of halogens is 1. The molecule has 1 N–H and O–H groups in total. The first-order valence-corrected chi connectivity index (χ1v) is 10.4. The molecule has 0 spiro atoms. The molecule has 2 aromatic carbocycles. The number of amides is 1. The number of hydrogen-bond donors (Lipinski definition) is 1. The highest BCUT2D eigenvalue weighted by Gasteiger charge is 2.45. The Labute approximate surface area is 182 Å². The summed E-state index contributed by atoms with van der Waals surface area (Å²) in [4.78, 5) is 31.4. The summed E-state index contributed by atoms with van der Waals surface area (Å²) in [5, 5.41) is 11.0. The van der Waals surface area contributed by atoms with Crippen molar-refractivity contribution in [3.8, 4) is 0 Å². The first-order valence-electron chi connectivity index (χ1n) is 9.61. The van der Waals surface area contributed by atoms with E-state index in [2.05, 4.69) is 20.9 Å². The maximum atomic E-state index is 13.0. The van der Waals surface area contributed by atoms with Gasteiger partial charge < -0.3 is 14.6 Å². The number of aromatic nitrogens is 2. The lowest BCUT2D eigenvalue weighted by Gasteiger charge is -2.25. The van der Waals surface area contributed by atoms with Gasteiger partial charge in [0.2, 0.25) is 0 Å². The molecule has 1 aliphatic rings. The minimum Gasteiger partial charge on any atom is -0.507 e. The Morgan fingerprint density at radius 2 is 1.87 bits per heavy atom. The van der Waals surface area contributed by atoms with Crippen molar-refractivity contribution in [3.63, 3.8) is 0 Å². The number of likely N-dealkylation sites (tertiary alicyclic amines) is 1. The Kier molecular flexibility index (Phi) is 5.81. The lowest BCUT2D eigenvalue weighted by atomic mass is 9.95. The van der Waals surface area contributed by atoms with E-state index in [4.69, 9.17) is 0 Å². The van der Waals surface area contributed by atoms with E-state index in [0.717, 1.165) is 10.0 Å². The molecule has 30 heavy (non-hydrogen) atoms. The van der Waals surface area contributed by atoms with Crippen LogP contribution in [-0.4, -0.2) is 37.8 Å². The van der Waals surface area contributed by atoms with E-state index in [-0.39, 0.29) is 11.3 Å². The number of Topliss-reactive ketones (excluding diaryl/α,β-unsaturated/α-hetero) is 1. The molecule has 1 atom stereocenters. The fraction of sp³-hybridized carbons (Fsp3) is 0.174. The van der Waals surface area contributed by atoms with E-state index in [1.165, 1.54) is 0 Å². The summed E-state index contributed by atoms with van der Waals surface area (Å²) in [5.41, 5.74) is 1.39. The average molecular weight is 466 g/mol. The quantitative estimate of drug-likeness (QED) is 0.337. The number of aliphatic hydroxyl groups is 1. The van der Waals surface area contributed by atoms with Crippen LogP contribution in [0.2, 0.25) is 0 Å². The molecule has 0 unspecified atom stereocenters. The third-order valence-electron chi connectivity index (χ3n) is 5.13. The average Bonchev–Trinajstić information content (AvgIpc) is 3.36. The van der Waals surface area contributed by atoms with Crippen LogP contribution in [0.15, 0.2) is 83.4 Å². The van der Waals surface area contributed by atoms with Gasteiger partial charge >= 0.3 is 0 Å². The number of nitrogens with zero attached hydrogens (tertiary/aromatic N) is 3. The van der Waals surface area contributed by atoms with Crippen molar-refractivity contribution < 1.29 is 14.7 Å². The smallest absolute Gasteiger partial charge is 0.295 e. The second-order valence-electron chi connectivity index (χ2n) is 7.07. The molecule has 0 aliphatic carbocycles. The third-order valence-corrected chi connectivity index (χ3v) is 5.62. The molecule has 4 rings (SSSR count). The Bertz CT molecular complexity index is 1090. The number of aryl methyl sites for hydroxylation is 1. The molecule has 1 amide bonds. The first kappa shape index (κ1) is 20.1. The highest BCUT2D eigenvalue weighted by atomic mass is 79.9. The molecule has 6 nitrogen and oxygen atoms in total. The van der Waals surface area contributed by atoms with Crippen LogP contribution in [0.1, 0.15) is 23.6 Å². The monoisotopic (exact) mass is 465 g/mol. The molecule has 1 fully saturated rings. The molecule has 2 heterocycles. The number of aliphatic hydroxyl groups excluding tert-OH is 1. The van der Waals surface area contributed by atoms with Gasteiger partial charge in [-0.3, -0.25) is 9.59 Å². The van der Waals surface area contributed by atoms with Gasteiger partial charge in [0.05, 0.1) is 17.9 Å². The molecular weight excluding hydrogens is 446 g/mol. The molecular formula is C23H20BrN3O3. The molecule has 1 aromatic heterocycles. The normalized spacial score (nSPS) is 18.2. The van der Waals surface area contributed by atoms with Crippen molar-refractivity contribution >= 4 is 33.4 Å². The molecule has 3 aromatic rings. The summed E-state index contributed by atoms with van der Waals surface area (Å²) in [7, 11) is 0. The number of ketones is 1. The van der Waals surface area contributed by atoms with Crippen LogP contribution in [0.3, 0.4) is 0 Å². The van der Waals surface area contributed by atoms with Gasteiger partial charge in [0, 0.05) is 35.5 Å². The summed E-state index contributed by atoms with van der Waals surface area (Å²) in [6.45, 7) is 1.05. The van der Waals surface area contributed by atoms with E-state index in [1.54, 1.807) is 41.7 Å². The van der Waals surface area contributed by atoms with Gasteiger partial charge in [-0.05, 0) is 24.1 Å². The lowest BCUT2D eigenvalue weighted by Crippen LogP contribution is -2.31. The van der Waals surface area contributed by atoms with E-state index in [9.17, 15) is 14.7 Å². The minimum atomic E-state index is -0.663. The standard InChI is InChI=1S/C23H20BrN3O3/c24-18-9-4-8-17(14-18)20-19(21(28)16-6-2-1-3-7-16)22(29)23(30)27(20)12-5-11-26-13-10-25-15-26/h1-4,6-10,13-15,20,28H,5,11-12H2/t20-/m0/s1. The minimum absolute atomic E-state index is 0.118. The third kappa shape index (κ3) is 3.93. The number of imidazole rings is 1. The molecule has 7 heteroatoms.